The number of nitro groups is 1. The van der Waals surface area contributed by atoms with Gasteiger partial charge in [0.05, 0.1) is 49.9 Å². The first-order valence-corrected chi connectivity index (χ1v) is 22.4. The van der Waals surface area contributed by atoms with Crippen LogP contribution in [0, 0.1) is 10.1 Å². The molecule has 72 heavy (non-hydrogen) atoms. The van der Waals surface area contributed by atoms with Gasteiger partial charge in [0.2, 0.25) is 35.4 Å². The summed E-state index contributed by atoms with van der Waals surface area (Å²) in [5.41, 5.74) is 11.7. The van der Waals surface area contributed by atoms with Crippen LogP contribution >= 0.6 is 0 Å². The summed E-state index contributed by atoms with van der Waals surface area (Å²) < 4.78 is 5.64. The van der Waals surface area contributed by atoms with Gasteiger partial charge in [-0.25, -0.2) is 0 Å². The molecule has 6 amide bonds. The minimum atomic E-state index is -2.32. The Morgan fingerprint density at radius 3 is 2.04 bits per heavy atom. The van der Waals surface area contributed by atoms with Gasteiger partial charge in [-0.15, -0.1) is 0 Å². The van der Waals surface area contributed by atoms with Crippen LogP contribution in [0.1, 0.15) is 24.0 Å². The van der Waals surface area contributed by atoms with E-state index in [2.05, 4.69) is 47.2 Å². The molecule has 2 saturated heterocycles. The van der Waals surface area contributed by atoms with E-state index < -0.39 is 182 Å². The molecule has 19 N–H and O–H groups in total. The second-order valence-electron chi connectivity index (χ2n) is 17.4. The molecule has 0 radical (unpaired) electrons. The molecule has 15 atom stereocenters. The first-order valence-electron chi connectivity index (χ1n) is 22.4. The lowest BCUT2D eigenvalue weighted by Crippen LogP contribution is -2.70. The van der Waals surface area contributed by atoms with Gasteiger partial charge in [-0.1, -0.05) is 43.3 Å². The van der Waals surface area contributed by atoms with E-state index >= 15 is 0 Å². The summed E-state index contributed by atoms with van der Waals surface area (Å²) >= 11 is 0. The quantitative estimate of drug-likeness (QED) is 0.0693. The molecule has 4 heterocycles. The van der Waals surface area contributed by atoms with E-state index in [0.29, 0.717) is 5.56 Å². The monoisotopic (exact) mass is 1020 g/mol. The number of aromatic hydroxyl groups is 1. The average molecular weight is 1020 g/mol. The van der Waals surface area contributed by atoms with Crippen molar-refractivity contribution >= 4 is 53.0 Å². The van der Waals surface area contributed by atoms with Crippen LogP contribution in [0.5, 0.6) is 5.75 Å². The van der Waals surface area contributed by atoms with E-state index in [1.807, 2.05) is 0 Å². The van der Waals surface area contributed by atoms with E-state index in [9.17, 15) is 79.7 Å². The van der Waals surface area contributed by atoms with Crippen molar-refractivity contribution in [3.05, 3.63) is 69.8 Å². The Labute approximate surface area is 408 Å². The predicted molar refractivity (Wildman–Crippen MR) is 244 cm³/mol. The number of nitrogens with one attached hydrogen (secondary N) is 7. The number of aliphatic hydroxyl groups is 7. The smallest absolute Gasteiger partial charge is 0.310 e. The summed E-state index contributed by atoms with van der Waals surface area (Å²) in [6.45, 7) is -2.20. The summed E-state index contributed by atoms with van der Waals surface area (Å²) in [6, 6.07) is -1.40. The van der Waals surface area contributed by atoms with Gasteiger partial charge in [-0.3, -0.25) is 48.9 Å². The number of rotatable bonds is 12. The Hall–Kier alpha value is -7.32. The van der Waals surface area contributed by atoms with Crippen molar-refractivity contribution in [2.45, 2.75) is 104 Å². The van der Waals surface area contributed by atoms with Crippen LogP contribution in [0.2, 0.25) is 0 Å². The zero-order valence-corrected chi connectivity index (χ0v) is 38.2. The van der Waals surface area contributed by atoms with Crippen molar-refractivity contribution in [2.24, 2.45) is 21.5 Å². The molecule has 4 aliphatic rings. The number of carbonyl (C=O) groups is 6. The van der Waals surface area contributed by atoms with Crippen LogP contribution < -0.4 is 48.7 Å². The molecule has 2 aromatic rings. The van der Waals surface area contributed by atoms with Gasteiger partial charge >= 0.3 is 5.69 Å². The van der Waals surface area contributed by atoms with Gasteiger partial charge < -0.3 is 99.2 Å². The van der Waals surface area contributed by atoms with Gasteiger partial charge in [0, 0.05) is 18.4 Å². The number of hydrogen-bond donors (Lipinski definition) is 17. The van der Waals surface area contributed by atoms with Crippen molar-refractivity contribution in [3.8, 4) is 5.75 Å². The van der Waals surface area contributed by atoms with Crippen LogP contribution in [0.25, 0.3) is 0 Å². The fourth-order valence-corrected chi connectivity index (χ4v) is 8.55. The summed E-state index contributed by atoms with van der Waals surface area (Å²) in [5.74, 6) is -9.65. The molecule has 6 rings (SSSR count). The van der Waals surface area contributed by atoms with Crippen molar-refractivity contribution in [2.75, 3.05) is 32.8 Å². The van der Waals surface area contributed by atoms with E-state index in [0.717, 1.165) is 17.0 Å². The number of aliphatic hydroxyl groups excluding tert-OH is 7. The van der Waals surface area contributed by atoms with E-state index in [1.165, 1.54) is 6.07 Å². The highest BCUT2D eigenvalue weighted by molar-refractivity contribution is 5.98. The summed E-state index contributed by atoms with van der Waals surface area (Å²) in [5, 5.41) is 115. The second-order valence-corrected chi connectivity index (χ2v) is 17.4. The molecule has 0 bridgehead atoms. The number of phenolic OH excluding ortho intramolecular Hbond substituents is 1. The molecule has 392 valence electrons. The van der Waals surface area contributed by atoms with Crippen molar-refractivity contribution in [1.29, 1.82) is 0 Å². The van der Waals surface area contributed by atoms with E-state index in [-0.39, 0.29) is 18.1 Å². The predicted octanol–water partition coefficient (Wildman–Crippen LogP) is -9.00. The third kappa shape index (κ3) is 12.0. The normalized spacial score (nSPS) is 31.4. The number of nitrogens with two attached hydrogens (primary N) is 2. The fourth-order valence-electron chi connectivity index (χ4n) is 8.55. The SMILES string of the molecule is CC(c1ccccc1)[C@@H]1NC(=O)CNC(=O)[C@H](CO)NC(=O)[C@@H](C(O)C2CN=C(N)N2[C@H]2O[C@H](CO)[C@@H](O)[C@H](O)[C@@H]2O)NC(=O)[C@H](C(O)C2CN=C(N)N2)NC(=O)[C@@H](Cc2ccc(O)c([N+](=O)[O-])c2)NC1=O. The van der Waals surface area contributed by atoms with Crippen molar-refractivity contribution in [3.63, 3.8) is 0 Å². The molecular formula is C42H57N13O17. The summed E-state index contributed by atoms with van der Waals surface area (Å²) in [7, 11) is 0. The number of nitro benzene ring substituents is 1. The van der Waals surface area contributed by atoms with Crippen molar-refractivity contribution in [1.82, 2.24) is 42.1 Å². The molecule has 0 aliphatic carbocycles. The topological polar surface area (TPSA) is 481 Å². The van der Waals surface area contributed by atoms with Gasteiger partial charge in [0.25, 0.3) is 0 Å². The molecule has 2 aromatic carbocycles. The van der Waals surface area contributed by atoms with E-state index in [4.69, 9.17) is 16.2 Å². The summed E-state index contributed by atoms with van der Waals surface area (Å²) in [6.07, 6.45) is -14.1. The first kappa shape index (κ1) is 54.0. The Bertz CT molecular complexity index is 2420. The summed E-state index contributed by atoms with van der Waals surface area (Å²) in [4.78, 5) is 105. The number of benzene rings is 2. The number of aliphatic imine (C=N–C) groups is 2. The highest BCUT2D eigenvalue weighted by Gasteiger charge is 2.52. The standard InChI is InChI=1S/C42H57N13O17/c1-16(18-5-3-2-4-6-18)27-37(67)48-19(9-17-7-8-24(58)22(10-17)55(70)71)36(66)52-28(30(60)20-11-46-41(43)50-20)39(69)53-29(38(68)49-21(14-56)35(65)45-13-26(59)51-27)31(61)23-12-47-42(44)54(23)40-34(64)33(63)32(62)25(15-57)72-40/h2-8,10,16,19-21,23,25,27-34,40,56-58,60-64H,9,11-15H2,1H3,(H2,44,47)(H,45,65)(H,48,67)(H,49,68)(H,51,59)(H,52,66)(H,53,69)(H3,43,46,50)/t16?,19-,20?,21+,23?,25-,27+,28+,29-,30?,31?,32-,33+,34+,40+/m1/s1. The van der Waals surface area contributed by atoms with Crippen LogP contribution in [0.3, 0.4) is 0 Å². The highest BCUT2D eigenvalue weighted by atomic mass is 16.6. The molecule has 0 aromatic heterocycles. The molecule has 4 aliphatic heterocycles. The van der Waals surface area contributed by atoms with Crippen LogP contribution in [0.4, 0.5) is 5.69 Å². The molecular weight excluding hydrogens is 959 g/mol. The number of guanidine groups is 2. The van der Waals surface area contributed by atoms with Gasteiger partial charge in [0.15, 0.2) is 23.9 Å². The van der Waals surface area contributed by atoms with Gasteiger partial charge in [0.1, 0.15) is 66.8 Å². The maximum atomic E-state index is 14.7. The number of carbonyl (C=O) groups excluding carboxylic acids is 6. The number of phenols is 1. The third-order valence-electron chi connectivity index (χ3n) is 12.6. The lowest BCUT2D eigenvalue weighted by atomic mass is 9.92. The molecule has 30 nitrogen and oxygen atoms in total. The highest BCUT2D eigenvalue weighted by Crippen LogP contribution is 2.30. The third-order valence-corrected chi connectivity index (χ3v) is 12.6. The lowest BCUT2D eigenvalue weighted by molar-refractivity contribution is -0.385. The second kappa shape index (κ2) is 23.3. The number of amides is 6. The molecule has 0 saturated carbocycles. The average Bonchev–Trinajstić information content (AvgIpc) is 3.98. The minimum Gasteiger partial charge on any atom is -0.502 e. The Morgan fingerprint density at radius 2 is 1.40 bits per heavy atom. The molecule has 30 heteroatoms. The van der Waals surface area contributed by atoms with Crippen LogP contribution in [-0.4, -0.2) is 216 Å². The Kier molecular flexibility index (Phi) is 17.5. The zero-order valence-electron chi connectivity index (χ0n) is 38.2. The largest absolute Gasteiger partial charge is 0.502 e. The van der Waals surface area contributed by atoms with Crippen molar-refractivity contribution < 1.29 is 79.3 Å². The first-order chi connectivity index (χ1) is 34.1. The maximum absolute atomic E-state index is 14.7. The number of hydrogen-bond acceptors (Lipinski definition) is 23. The molecule has 0 spiro atoms. The Morgan fingerprint density at radius 1 is 0.764 bits per heavy atom. The Balaban J connectivity index is 1.43. The number of nitrogens with zero attached hydrogens (tertiary/aromatic N) is 4. The lowest BCUT2D eigenvalue weighted by Gasteiger charge is -2.46. The molecule has 2 fully saturated rings. The van der Waals surface area contributed by atoms with Gasteiger partial charge in [-0.05, 0) is 17.2 Å². The van der Waals surface area contributed by atoms with Crippen LogP contribution in [0.15, 0.2) is 58.5 Å². The molecule has 5 unspecified atom stereocenters. The minimum absolute atomic E-state index is 0.0259. The van der Waals surface area contributed by atoms with E-state index in [1.54, 1.807) is 37.3 Å². The maximum Gasteiger partial charge on any atom is 0.310 e. The van der Waals surface area contributed by atoms with Gasteiger partial charge in [-0.2, -0.15) is 0 Å². The zero-order chi connectivity index (χ0) is 52.7. The number of ether oxygens (including phenoxy) is 1. The fraction of sp³-hybridized carbons (Fsp3) is 0.524. The van der Waals surface area contributed by atoms with Crippen LogP contribution in [-0.2, 0) is 39.9 Å².